The first-order valence-corrected chi connectivity index (χ1v) is 6.84. The molecule has 15 heavy (non-hydrogen) atoms. The first-order valence-electron chi connectivity index (χ1n) is 5.04. The number of aryl methyl sites for hydroxylation is 1. The van der Waals surface area contributed by atoms with E-state index in [4.69, 9.17) is 0 Å². The maximum atomic E-state index is 9.62. The zero-order valence-corrected chi connectivity index (χ0v) is 10.7. The van der Waals surface area contributed by atoms with Crippen LogP contribution in [0.4, 0.5) is 0 Å². The van der Waals surface area contributed by atoms with E-state index in [1.807, 2.05) is 6.92 Å². The number of nitrogens with one attached hydrogen (secondary N) is 1. The Morgan fingerprint density at radius 1 is 1.53 bits per heavy atom. The molecule has 0 radical (unpaired) electrons. The van der Waals surface area contributed by atoms with Gasteiger partial charge in [-0.1, -0.05) is 30.0 Å². The number of hydrogen-bond donors (Lipinski definition) is 2. The van der Waals surface area contributed by atoms with E-state index in [0.717, 1.165) is 22.3 Å². The second kappa shape index (κ2) is 7.16. The van der Waals surface area contributed by atoms with Crippen molar-refractivity contribution in [3.05, 3.63) is 5.01 Å². The fourth-order valence-corrected chi connectivity index (χ4v) is 2.78. The van der Waals surface area contributed by atoms with Gasteiger partial charge in [-0.3, -0.25) is 0 Å². The molecule has 0 amide bonds. The van der Waals surface area contributed by atoms with Gasteiger partial charge in [-0.2, -0.15) is 0 Å². The van der Waals surface area contributed by atoms with Crippen molar-refractivity contribution in [1.82, 2.24) is 15.5 Å². The molecule has 1 aromatic heterocycles. The van der Waals surface area contributed by atoms with E-state index in [9.17, 15) is 5.11 Å². The molecular formula is C9H17N3OS2. The number of aromatic nitrogens is 2. The quantitative estimate of drug-likeness (QED) is 0.562. The molecule has 1 unspecified atom stereocenters. The fraction of sp³-hybridized carbons (Fsp3) is 0.778. The summed E-state index contributed by atoms with van der Waals surface area (Å²) in [6, 6.07) is 0. The van der Waals surface area contributed by atoms with Crippen LogP contribution >= 0.6 is 23.1 Å². The molecule has 0 bridgehead atoms. The highest BCUT2D eigenvalue weighted by molar-refractivity contribution is 8.01. The summed E-state index contributed by atoms with van der Waals surface area (Å²) in [5.41, 5.74) is 0. The minimum atomic E-state index is -0.314. The molecule has 0 saturated carbocycles. The summed E-state index contributed by atoms with van der Waals surface area (Å²) in [6.45, 7) is 5.65. The lowest BCUT2D eigenvalue weighted by atomic mass is 10.4. The van der Waals surface area contributed by atoms with Crippen LogP contribution < -0.4 is 5.32 Å². The minimum absolute atomic E-state index is 0.314. The molecule has 0 spiro atoms. The van der Waals surface area contributed by atoms with E-state index in [2.05, 4.69) is 22.4 Å². The van der Waals surface area contributed by atoms with E-state index in [1.165, 1.54) is 0 Å². The van der Waals surface area contributed by atoms with Gasteiger partial charge in [0.1, 0.15) is 5.01 Å². The molecule has 1 heterocycles. The van der Waals surface area contributed by atoms with Gasteiger partial charge in [-0.25, -0.2) is 0 Å². The summed E-state index contributed by atoms with van der Waals surface area (Å²) in [5.74, 6) is 0.672. The van der Waals surface area contributed by atoms with Gasteiger partial charge in [0, 0.05) is 12.3 Å². The summed E-state index contributed by atoms with van der Waals surface area (Å²) in [7, 11) is 0. The molecule has 0 saturated heterocycles. The van der Waals surface area contributed by atoms with Crippen LogP contribution in [0, 0.1) is 6.92 Å². The molecule has 0 aliphatic carbocycles. The van der Waals surface area contributed by atoms with Crippen LogP contribution in [0.5, 0.6) is 0 Å². The zero-order valence-electron chi connectivity index (χ0n) is 9.06. The largest absolute Gasteiger partial charge is 0.391 e. The molecule has 1 aromatic rings. The van der Waals surface area contributed by atoms with Gasteiger partial charge in [0.05, 0.1) is 6.10 Å². The summed E-state index contributed by atoms with van der Waals surface area (Å²) >= 11 is 3.13. The van der Waals surface area contributed by atoms with Crippen molar-refractivity contribution >= 4 is 23.1 Å². The number of rotatable bonds is 7. The number of hydrogen-bond acceptors (Lipinski definition) is 6. The maximum absolute atomic E-state index is 9.62. The fourth-order valence-electron chi connectivity index (χ4n) is 1.01. The first kappa shape index (κ1) is 12.9. The highest BCUT2D eigenvalue weighted by atomic mass is 32.2. The Hall–Kier alpha value is -0.170. The summed E-state index contributed by atoms with van der Waals surface area (Å²) in [4.78, 5) is 0. The minimum Gasteiger partial charge on any atom is -0.391 e. The van der Waals surface area contributed by atoms with Crippen LogP contribution in [-0.4, -0.2) is 40.3 Å². The van der Waals surface area contributed by atoms with Gasteiger partial charge < -0.3 is 10.4 Å². The third-order valence-electron chi connectivity index (χ3n) is 1.71. The number of aliphatic hydroxyl groups excluding tert-OH is 1. The van der Waals surface area contributed by atoms with Crippen LogP contribution in [-0.2, 0) is 0 Å². The van der Waals surface area contributed by atoms with Crippen LogP contribution in [0.1, 0.15) is 18.4 Å². The lowest BCUT2D eigenvalue weighted by Gasteiger charge is -2.09. The van der Waals surface area contributed by atoms with Crippen LogP contribution in [0.3, 0.4) is 0 Å². The van der Waals surface area contributed by atoms with Crippen molar-refractivity contribution in [2.75, 3.05) is 18.8 Å². The first-order chi connectivity index (χ1) is 7.22. The highest BCUT2D eigenvalue weighted by Crippen LogP contribution is 2.22. The Morgan fingerprint density at radius 3 is 2.93 bits per heavy atom. The molecule has 1 atom stereocenters. The highest BCUT2D eigenvalue weighted by Gasteiger charge is 2.07. The Kier molecular flexibility index (Phi) is 6.16. The Morgan fingerprint density at radius 2 is 2.33 bits per heavy atom. The lowest BCUT2D eigenvalue weighted by Crippen LogP contribution is -2.28. The van der Waals surface area contributed by atoms with Crippen LogP contribution in [0.15, 0.2) is 4.34 Å². The summed E-state index contributed by atoms with van der Waals surface area (Å²) in [6.07, 6.45) is 0.779. The molecule has 6 heteroatoms. The Balaban J connectivity index is 2.13. The molecule has 0 aromatic carbocycles. The standard InChI is InChI=1S/C9H17N3OS2/c1-3-4-10-5-8(13)6-14-9-12-11-7(2)15-9/h8,10,13H,3-6H2,1-2H3. The molecular weight excluding hydrogens is 230 g/mol. The van der Waals surface area contributed by atoms with Gasteiger partial charge >= 0.3 is 0 Å². The molecule has 1 rings (SSSR count). The van der Waals surface area contributed by atoms with E-state index in [0.29, 0.717) is 12.3 Å². The van der Waals surface area contributed by atoms with Gasteiger partial charge in [0.15, 0.2) is 4.34 Å². The average Bonchev–Trinajstić information content (AvgIpc) is 2.62. The average molecular weight is 247 g/mol. The van der Waals surface area contributed by atoms with Gasteiger partial charge in [-0.15, -0.1) is 10.2 Å². The van der Waals surface area contributed by atoms with Crippen molar-refractivity contribution in [2.24, 2.45) is 0 Å². The maximum Gasteiger partial charge on any atom is 0.174 e. The second-order valence-electron chi connectivity index (χ2n) is 3.26. The van der Waals surface area contributed by atoms with Gasteiger partial charge in [0.25, 0.3) is 0 Å². The van der Waals surface area contributed by atoms with E-state index in [1.54, 1.807) is 23.1 Å². The Labute approximate surface area is 98.5 Å². The van der Waals surface area contributed by atoms with E-state index in [-0.39, 0.29) is 6.10 Å². The van der Waals surface area contributed by atoms with Gasteiger partial charge in [0.2, 0.25) is 0 Å². The van der Waals surface area contributed by atoms with Crippen molar-refractivity contribution in [2.45, 2.75) is 30.7 Å². The smallest absolute Gasteiger partial charge is 0.174 e. The topological polar surface area (TPSA) is 58.0 Å². The predicted octanol–water partition coefficient (Wildman–Crippen LogP) is 1.30. The van der Waals surface area contributed by atoms with Gasteiger partial charge in [-0.05, 0) is 19.9 Å². The molecule has 86 valence electrons. The summed E-state index contributed by atoms with van der Waals surface area (Å²) in [5, 5.41) is 21.7. The van der Waals surface area contributed by atoms with E-state index >= 15 is 0 Å². The third kappa shape index (κ3) is 5.46. The number of nitrogens with zero attached hydrogens (tertiary/aromatic N) is 2. The molecule has 0 aliphatic heterocycles. The summed E-state index contributed by atoms with van der Waals surface area (Å²) < 4.78 is 0.932. The lowest BCUT2D eigenvalue weighted by molar-refractivity contribution is 0.196. The second-order valence-corrected chi connectivity index (χ2v) is 5.70. The van der Waals surface area contributed by atoms with E-state index < -0.39 is 0 Å². The van der Waals surface area contributed by atoms with Crippen molar-refractivity contribution in [3.8, 4) is 0 Å². The van der Waals surface area contributed by atoms with Crippen LogP contribution in [0.2, 0.25) is 0 Å². The molecule has 4 nitrogen and oxygen atoms in total. The molecule has 0 fully saturated rings. The third-order valence-corrected chi connectivity index (χ3v) is 3.83. The zero-order chi connectivity index (χ0) is 11.1. The van der Waals surface area contributed by atoms with Crippen molar-refractivity contribution in [1.29, 1.82) is 0 Å². The van der Waals surface area contributed by atoms with Crippen molar-refractivity contribution < 1.29 is 5.11 Å². The normalized spacial score (nSPS) is 13.0. The molecule has 0 aliphatic rings. The SMILES string of the molecule is CCCNCC(O)CSc1nnc(C)s1. The Bertz CT molecular complexity index is 280. The number of aliphatic hydroxyl groups is 1. The van der Waals surface area contributed by atoms with Crippen LogP contribution in [0.25, 0.3) is 0 Å². The van der Waals surface area contributed by atoms with Crippen molar-refractivity contribution in [3.63, 3.8) is 0 Å². The monoisotopic (exact) mass is 247 g/mol. The molecule has 2 N–H and O–H groups in total. The number of thioether (sulfide) groups is 1. The predicted molar refractivity (Wildman–Crippen MR) is 64.5 cm³/mol.